The van der Waals surface area contributed by atoms with Crippen molar-refractivity contribution in [2.45, 2.75) is 37.7 Å². The van der Waals surface area contributed by atoms with Gasteiger partial charge in [-0.05, 0) is 49.2 Å². The Bertz CT molecular complexity index is 1200. The molecular weight excluding hydrogens is 424 g/mol. The van der Waals surface area contributed by atoms with Crippen LogP contribution in [-0.4, -0.2) is 21.0 Å². The number of halogens is 1. The number of hydrogen-bond donors (Lipinski definition) is 1. The Kier molecular flexibility index (Phi) is 6.06. The van der Waals surface area contributed by atoms with Crippen molar-refractivity contribution in [3.63, 3.8) is 0 Å². The van der Waals surface area contributed by atoms with Crippen LogP contribution in [0.1, 0.15) is 29.3 Å². The van der Waals surface area contributed by atoms with Gasteiger partial charge < -0.3 is 14.3 Å². The average molecular weight is 443 g/mol. The highest BCUT2D eigenvalue weighted by molar-refractivity contribution is 7.98. The van der Waals surface area contributed by atoms with Gasteiger partial charge in [0.2, 0.25) is 11.8 Å². The maximum absolute atomic E-state index is 12.1. The predicted molar refractivity (Wildman–Crippen MR) is 116 cm³/mol. The van der Waals surface area contributed by atoms with Gasteiger partial charge in [-0.3, -0.25) is 4.79 Å². The molecule has 2 aromatic heterocycles. The van der Waals surface area contributed by atoms with Crippen molar-refractivity contribution in [3.05, 3.63) is 64.3 Å². The third-order valence-corrected chi connectivity index (χ3v) is 5.61. The number of oxazole rings is 1. The van der Waals surface area contributed by atoms with Crippen molar-refractivity contribution in [2.75, 3.05) is 5.32 Å². The molecular formula is C21H19ClN4O3S. The number of fused-ring (bicyclic) bond motifs is 1. The normalized spacial score (nSPS) is 11.2. The molecule has 9 heteroatoms. The van der Waals surface area contributed by atoms with Crippen LogP contribution in [0.3, 0.4) is 0 Å². The van der Waals surface area contributed by atoms with Crippen LogP contribution in [0, 0.1) is 13.8 Å². The second-order valence-electron chi connectivity index (χ2n) is 6.86. The van der Waals surface area contributed by atoms with E-state index in [1.807, 2.05) is 44.2 Å². The van der Waals surface area contributed by atoms with Gasteiger partial charge in [0.05, 0.1) is 5.75 Å². The molecule has 0 unspecified atom stereocenters. The molecule has 1 N–H and O–H groups in total. The summed E-state index contributed by atoms with van der Waals surface area (Å²) in [6, 6.07) is 11.3. The number of carbonyl (C=O) groups is 1. The number of thioether (sulfide) groups is 1. The molecule has 0 aliphatic rings. The summed E-state index contributed by atoms with van der Waals surface area (Å²) in [6.07, 6.45) is 0.579. The number of nitrogens with one attached hydrogen (secondary N) is 1. The Morgan fingerprint density at radius 2 is 2.03 bits per heavy atom. The second-order valence-corrected chi connectivity index (χ2v) is 8.19. The van der Waals surface area contributed by atoms with Crippen molar-refractivity contribution in [3.8, 4) is 0 Å². The van der Waals surface area contributed by atoms with Crippen molar-refractivity contribution in [1.82, 2.24) is 15.1 Å². The quantitative estimate of drug-likeness (QED) is 0.386. The largest absolute Gasteiger partial charge is 0.431 e. The molecule has 0 aliphatic carbocycles. The topological polar surface area (TPSA) is 94.0 Å². The fraction of sp³-hybridized carbons (Fsp3) is 0.238. The van der Waals surface area contributed by atoms with Crippen LogP contribution in [-0.2, 0) is 17.0 Å². The van der Waals surface area contributed by atoms with Crippen LogP contribution in [0.25, 0.3) is 11.1 Å². The average Bonchev–Trinajstić information content (AvgIpc) is 3.33. The van der Waals surface area contributed by atoms with Gasteiger partial charge in [-0.2, -0.15) is 4.98 Å². The first kappa shape index (κ1) is 20.4. The highest BCUT2D eigenvalue weighted by Gasteiger charge is 2.12. The first-order valence-electron chi connectivity index (χ1n) is 9.34. The van der Waals surface area contributed by atoms with Gasteiger partial charge in [-0.15, -0.1) is 0 Å². The van der Waals surface area contributed by atoms with Crippen molar-refractivity contribution >= 4 is 46.1 Å². The highest BCUT2D eigenvalue weighted by atomic mass is 35.5. The number of nitrogens with zero attached hydrogens (tertiary/aromatic N) is 3. The van der Waals surface area contributed by atoms with E-state index in [0.29, 0.717) is 39.8 Å². The number of aromatic nitrogens is 3. The Hall–Kier alpha value is -2.84. The van der Waals surface area contributed by atoms with Gasteiger partial charge in [0.15, 0.2) is 11.4 Å². The molecule has 0 saturated carbocycles. The minimum absolute atomic E-state index is 0.147. The van der Waals surface area contributed by atoms with E-state index in [4.69, 9.17) is 20.5 Å². The number of benzene rings is 2. The molecule has 0 bridgehead atoms. The standard InChI is InChI=1S/C21H19ClN4O3S/c1-12-3-6-17-16(9-12)24-21(28-17)30-11-18-25-20(29-26-18)8-7-19(27)23-14-5-4-13(2)15(22)10-14/h3-6,9-10H,7-8,11H2,1-2H3,(H,23,27). The van der Waals surface area contributed by atoms with E-state index in [2.05, 4.69) is 20.4 Å². The minimum atomic E-state index is -0.147. The maximum atomic E-state index is 12.1. The van der Waals surface area contributed by atoms with Crippen LogP contribution in [0.2, 0.25) is 5.02 Å². The van der Waals surface area contributed by atoms with E-state index in [0.717, 1.165) is 22.2 Å². The monoisotopic (exact) mass is 442 g/mol. The number of amides is 1. The number of rotatable bonds is 7. The second kappa shape index (κ2) is 8.89. The van der Waals surface area contributed by atoms with Crippen LogP contribution in [0.5, 0.6) is 0 Å². The van der Waals surface area contributed by atoms with E-state index in [-0.39, 0.29) is 12.3 Å². The molecule has 1 amide bonds. The molecule has 0 atom stereocenters. The van der Waals surface area contributed by atoms with Crippen LogP contribution >= 0.6 is 23.4 Å². The smallest absolute Gasteiger partial charge is 0.257 e. The van der Waals surface area contributed by atoms with Gasteiger partial charge in [0.25, 0.3) is 5.22 Å². The third kappa shape index (κ3) is 5.01. The number of anilines is 1. The van der Waals surface area contributed by atoms with E-state index in [9.17, 15) is 4.79 Å². The minimum Gasteiger partial charge on any atom is -0.431 e. The lowest BCUT2D eigenvalue weighted by molar-refractivity contribution is -0.116. The highest BCUT2D eigenvalue weighted by Crippen LogP contribution is 2.26. The summed E-state index contributed by atoms with van der Waals surface area (Å²) >= 11 is 7.47. The van der Waals surface area contributed by atoms with Crippen LogP contribution in [0.15, 0.2) is 50.6 Å². The van der Waals surface area contributed by atoms with Gasteiger partial charge >= 0.3 is 0 Å². The zero-order valence-corrected chi connectivity index (χ0v) is 18.0. The fourth-order valence-corrected chi connectivity index (χ4v) is 3.63. The predicted octanol–water partition coefficient (Wildman–Crippen LogP) is 5.34. The van der Waals surface area contributed by atoms with Crippen molar-refractivity contribution in [1.29, 1.82) is 0 Å². The first-order chi connectivity index (χ1) is 14.5. The SMILES string of the molecule is Cc1ccc2oc(SCc3noc(CCC(=O)Nc4ccc(C)c(Cl)c4)n3)nc2c1. The zero-order valence-electron chi connectivity index (χ0n) is 16.4. The Labute approximate surface area is 182 Å². The molecule has 4 rings (SSSR count). The van der Waals surface area contributed by atoms with Crippen molar-refractivity contribution < 1.29 is 13.7 Å². The molecule has 0 radical (unpaired) electrons. The molecule has 0 aliphatic heterocycles. The molecule has 154 valence electrons. The molecule has 4 aromatic rings. The summed E-state index contributed by atoms with van der Waals surface area (Å²) in [5.74, 6) is 1.25. The lowest BCUT2D eigenvalue weighted by Crippen LogP contribution is -2.12. The van der Waals surface area contributed by atoms with Gasteiger partial charge in [0, 0.05) is 23.6 Å². The number of aryl methyl sites for hydroxylation is 3. The van der Waals surface area contributed by atoms with E-state index >= 15 is 0 Å². The Balaban J connectivity index is 1.28. The molecule has 0 fully saturated rings. The molecule has 2 aromatic carbocycles. The summed E-state index contributed by atoms with van der Waals surface area (Å²) in [4.78, 5) is 20.9. The maximum Gasteiger partial charge on any atom is 0.257 e. The van der Waals surface area contributed by atoms with E-state index in [1.54, 1.807) is 6.07 Å². The summed E-state index contributed by atoms with van der Waals surface area (Å²) in [7, 11) is 0. The first-order valence-corrected chi connectivity index (χ1v) is 10.7. The fourth-order valence-electron chi connectivity index (χ4n) is 2.77. The summed E-state index contributed by atoms with van der Waals surface area (Å²) in [6.45, 7) is 3.92. The molecule has 0 saturated heterocycles. The molecule has 0 spiro atoms. The van der Waals surface area contributed by atoms with E-state index in [1.165, 1.54) is 11.8 Å². The Morgan fingerprint density at radius 3 is 2.87 bits per heavy atom. The zero-order chi connectivity index (χ0) is 21.1. The third-order valence-electron chi connectivity index (χ3n) is 4.38. The van der Waals surface area contributed by atoms with Gasteiger partial charge in [-0.25, -0.2) is 4.98 Å². The number of carbonyl (C=O) groups excluding carboxylic acids is 1. The van der Waals surface area contributed by atoms with Crippen LogP contribution < -0.4 is 5.32 Å². The molecule has 2 heterocycles. The lowest BCUT2D eigenvalue weighted by atomic mass is 10.2. The molecule has 30 heavy (non-hydrogen) atoms. The van der Waals surface area contributed by atoms with E-state index < -0.39 is 0 Å². The summed E-state index contributed by atoms with van der Waals surface area (Å²) < 4.78 is 10.9. The summed E-state index contributed by atoms with van der Waals surface area (Å²) in [5, 5.41) is 7.94. The summed E-state index contributed by atoms with van der Waals surface area (Å²) in [5.41, 5.74) is 4.32. The number of hydrogen-bond acceptors (Lipinski definition) is 7. The molecule has 7 nitrogen and oxygen atoms in total. The lowest BCUT2D eigenvalue weighted by Gasteiger charge is -2.06. The van der Waals surface area contributed by atoms with Crippen molar-refractivity contribution in [2.24, 2.45) is 0 Å². The van der Waals surface area contributed by atoms with Gasteiger partial charge in [-0.1, -0.05) is 40.7 Å². The van der Waals surface area contributed by atoms with Crippen LogP contribution in [0.4, 0.5) is 5.69 Å². The Morgan fingerprint density at radius 1 is 1.17 bits per heavy atom. The van der Waals surface area contributed by atoms with Gasteiger partial charge in [0.1, 0.15) is 5.52 Å².